The van der Waals surface area contributed by atoms with Gasteiger partial charge >= 0.3 is 0 Å². The summed E-state index contributed by atoms with van der Waals surface area (Å²) in [6.07, 6.45) is 4.19. The van der Waals surface area contributed by atoms with Crippen LogP contribution in [-0.4, -0.2) is 40.4 Å². The smallest absolute Gasteiger partial charge is 0.239 e. The number of anilines is 1. The minimum absolute atomic E-state index is 0.0596. The molecule has 0 radical (unpaired) electrons. The first-order valence-electron chi connectivity index (χ1n) is 10.3. The summed E-state index contributed by atoms with van der Waals surface area (Å²) in [7, 11) is 0. The second-order valence-electron chi connectivity index (χ2n) is 7.66. The van der Waals surface area contributed by atoms with Crippen LogP contribution < -0.4 is 5.32 Å². The summed E-state index contributed by atoms with van der Waals surface area (Å²) in [5.74, 6) is 0.573. The lowest BCUT2D eigenvalue weighted by Crippen LogP contribution is -2.40. The Morgan fingerprint density at radius 1 is 1.10 bits per heavy atom. The third-order valence-corrected chi connectivity index (χ3v) is 5.38. The van der Waals surface area contributed by atoms with E-state index in [0.29, 0.717) is 24.3 Å². The molecule has 1 atom stereocenters. The van der Waals surface area contributed by atoms with Gasteiger partial charge in [0.15, 0.2) is 0 Å². The second kappa shape index (κ2) is 9.59. The van der Waals surface area contributed by atoms with Gasteiger partial charge in [-0.25, -0.2) is 9.37 Å². The number of halogens is 1. The lowest BCUT2D eigenvalue weighted by Gasteiger charge is -2.32. The molecule has 5 nitrogen and oxygen atoms in total. The molecule has 0 aliphatic carbocycles. The largest absolute Gasteiger partial charge is 0.310 e. The zero-order valence-electron chi connectivity index (χ0n) is 16.8. The van der Waals surface area contributed by atoms with Crippen molar-refractivity contribution in [3.05, 3.63) is 89.6 Å². The van der Waals surface area contributed by atoms with Gasteiger partial charge in [-0.15, -0.1) is 0 Å². The molecule has 1 unspecified atom stereocenters. The summed E-state index contributed by atoms with van der Waals surface area (Å²) in [4.78, 5) is 23.5. The number of benzene rings is 1. The van der Waals surface area contributed by atoms with Gasteiger partial charge in [0.2, 0.25) is 5.91 Å². The monoisotopic (exact) mass is 404 g/mol. The van der Waals surface area contributed by atoms with Crippen molar-refractivity contribution in [3.63, 3.8) is 0 Å². The molecular formula is C24H25FN4O. The van der Waals surface area contributed by atoms with E-state index in [1.165, 1.54) is 6.07 Å². The minimum atomic E-state index is -0.201. The van der Waals surface area contributed by atoms with Crippen LogP contribution in [-0.2, 0) is 11.2 Å². The van der Waals surface area contributed by atoms with Crippen molar-refractivity contribution in [1.29, 1.82) is 0 Å². The van der Waals surface area contributed by atoms with Gasteiger partial charge in [0.1, 0.15) is 11.6 Å². The molecule has 0 saturated carbocycles. The third kappa shape index (κ3) is 5.27. The van der Waals surface area contributed by atoms with Crippen LogP contribution in [0.25, 0.3) is 0 Å². The molecule has 1 fully saturated rings. The average Bonchev–Trinajstić information content (AvgIpc) is 2.76. The molecule has 1 N–H and O–H groups in total. The number of pyridine rings is 2. The van der Waals surface area contributed by atoms with E-state index >= 15 is 0 Å². The zero-order chi connectivity index (χ0) is 20.8. The number of carbonyl (C=O) groups is 1. The van der Waals surface area contributed by atoms with Gasteiger partial charge in [-0.3, -0.25) is 14.7 Å². The Kier molecular flexibility index (Phi) is 6.44. The maximum atomic E-state index is 14.0. The minimum Gasteiger partial charge on any atom is -0.310 e. The summed E-state index contributed by atoms with van der Waals surface area (Å²) in [5.41, 5.74) is 2.53. The Labute approximate surface area is 176 Å². The van der Waals surface area contributed by atoms with Crippen LogP contribution in [0, 0.1) is 5.82 Å². The number of carbonyl (C=O) groups excluding carboxylic acids is 1. The van der Waals surface area contributed by atoms with Crippen LogP contribution in [0.3, 0.4) is 0 Å². The molecule has 3 heterocycles. The van der Waals surface area contributed by atoms with Crippen LogP contribution in [0.1, 0.15) is 35.7 Å². The highest BCUT2D eigenvalue weighted by Gasteiger charge is 2.24. The molecular weight excluding hydrogens is 379 g/mol. The molecule has 4 rings (SSSR count). The van der Waals surface area contributed by atoms with E-state index in [9.17, 15) is 9.18 Å². The topological polar surface area (TPSA) is 58.1 Å². The van der Waals surface area contributed by atoms with Gasteiger partial charge in [-0.2, -0.15) is 0 Å². The van der Waals surface area contributed by atoms with E-state index in [1.807, 2.05) is 36.4 Å². The highest BCUT2D eigenvalue weighted by molar-refractivity contribution is 5.91. The summed E-state index contributed by atoms with van der Waals surface area (Å²) in [6, 6.07) is 18.2. The van der Waals surface area contributed by atoms with Gasteiger partial charge in [0.25, 0.3) is 0 Å². The maximum absolute atomic E-state index is 14.0. The third-order valence-electron chi connectivity index (χ3n) is 5.38. The molecule has 154 valence electrons. The summed E-state index contributed by atoms with van der Waals surface area (Å²) < 4.78 is 14.0. The Morgan fingerprint density at radius 2 is 1.97 bits per heavy atom. The van der Waals surface area contributed by atoms with Gasteiger partial charge in [-0.1, -0.05) is 30.3 Å². The van der Waals surface area contributed by atoms with Crippen molar-refractivity contribution in [2.75, 3.05) is 25.0 Å². The SMILES string of the molecule is O=C(CN1CCCC(c2cccc(Cc3ccccc3F)n2)C1)Nc1ccccn1. The highest BCUT2D eigenvalue weighted by Crippen LogP contribution is 2.26. The van der Waals surface area contributed by atoms with E-state index in [1.54, 1.807) is 24.4 Å². The predicted molar refractivity (Wildman–Crippen MR) is 115 cm³/mol. The number of nitrogens with one attached hydrogen (secondary N) is 1. The van der Waals surface area contributed by atoms with E-state index in [0.717, 1.165) is 37.3 Å². The fraction of sp³-hybridized carbons (Fsp3) is 0.292. The maximum Gasteiger partial charge on any atom is 0.239 e. The quantitative estimate of drug-likeness (QED) is 0.674. The predicted octanol–water partition coefficient (Wildman–Crippen LogP) is 4.02. The summed E-state index contributed by atoms with van der Waals surface area (Å²) in [6.45, 7) is 2.01. The van der Waals surface area contributed by atoms with Crippen molar-refractivity contribution >= 4 is 11.7 Å². The first-order valence-corrected chi connectivity index (χ1v) is 10.3. The first-order chi connectivity index (χ1) is 14.7. The average molecular weight is 404 g/mol. The first kappa shape index (κ1) is 20.2. The second-order valence-corrected chi connectivity index (χ2v) is 7.66. The lowest BCUT2D eigenvalue weighted by atomic mass is 9.94. The van der Waals surface area contributed by atoms with Crippen LogP contribution in [0.4, 0.5) is 10.2 Å². The van der Waals surface area contributed by atoms with Crippen molar-refractivity contribution in [3.8, 4) is 0 Å². The Hall–Kier alpha value is -3.12. The number of aromatic nitrogens is 2. The molecule has 3 aromatic rings. The number of hydrogen-bond donors (Lipinski definition) is 1. The molecule has 1 aliphatic heterocycles. The van der Waals surface area contributed by atoms with E-state index in [-0.39, 0.29) is 17.6 Å². The molecule has 30 heavy (non-hydrogen) atoms. The normalized spacial score (nSPS) is 16.9. The van der Waals surface area contributed by atoms with Crippen molar-refractivity contribution in [2.45, 2.75) is 25.2 Å². The molecule has 0 spiro atoms. The molecule has 2 aromatic heterocycles. The summed E-state index contributed by atoms with van der Waals surface area (Å²) in [5, 5.41) is 2.84. The van der Waals surface area contributed by atoms with Crippen LogP contribution in [0.5, 0.6) is 0 Å². The van der Waals surface area contributed by atoms with Crippen LogP contribution in [0.15, 0.2) is 66.9 Å². The van der Waals surface area contributed by atoms with Gasteiger partial charge < -0.3 is 5.32 Å². The highest BCUT2D eigenvalue weighted by atomic mass is 19.1. The molecule has 1 aliphatic rings. The van der Waals surface area contributed by atoms with E-state index in [2.05, 4.69) is 15.2 Å². The number of amides is 1. The fourth-order valence-corrected chi connectivity index (χ4v) is 3.92. The van der Waals surface area contributed by atoms with Crippen molar-refractivity contribution in [2.24, 2.45) is 0 Å². The van der Waals surface area contributed by atoms with E-state index in [4.69, 9.17) is 4.98 Å². The lowest BCUT2D eigenvalue weighted by molar-refractivity contribution is -0.117. The number of likely N-dealkylation sites (tertiary alicyclic amines) is 1. The van der Waals surface area contributed by atoms with Crippen molar-refractivity contribution < 1.29 is 9.18 Å². The molecule has 1 aromatic carbocycles. The number of rotatable bonds is 6. The molecule has 6 heteroatoms. The molecule has 1 amide bonds. The van der Waals surface area contributed by atoms with Gasteiger partial charge in [-0.05, 0) is 55.3 Å². The van der Waals surface area contributed by atoms with E-state index < -0.39 is 0 Å². The Bertz CT molecular complexity index is 995. The zero-order valence-corrected chi connectivity index (χ0v) is 16.8. The Morgan fingerprint density at radius 3 is 2.80 bits per heavy atom. The summed E-state index contributed by atoms with van der Waals surface area (Å²) >= 11 is 0. The number of hydrogen-bond acceptors (Lipinski definition) is 4. The van der Waals surface area contributed by atoms with Crippen LogP contribution >= 0.6 is 0 Å². The fourth-order valence-electron chi connectivity index (χ4n) is 3.92. The number of piperidine rings is 1. The number of nitrogens with zero attached hydrogens (tertiary/aromatic N) is 3. The van der Waals surface area contributed by atoms with Gasteiger partial charge in [0, 0.05) is 36.5 Å². The molecule has 1 saturated heterocycles. The van der Waals surface area contributed by atoms with Crippen molar-refractivity contribution in [1.82, 2.24) is 14.9 Å². The van der Waals surface area contributed by atoms with Crippen LogP contribution in [0.2, 0.25) is 0 Å². The molecule has 0 bridgehead atoms. The standard InChI is InChI=1S/C24H25FN4O/c25-21-10-2-1-7-18(21)15-20-9-5-11-22(27-20)19-8-6-14-29(16-19)17-24(30)28-23-12-3-4-13-26-23/h1-5,7,9-13,19H,6,8,14-17H2,(H,26,28,30). The van der Waals surface area contributed by atoms with Gasteiger partial charge in [0.05, 0.1) is 6.54 Å². The Balaban J connectivity index is 1.38.